The van der Waals surface area contributed by atoms with E-state index in [-0.39, 0.29) is 18.9 Å². The fourth-order valence-electron chi connectivity index (χ4n) is 2.54. The van der Waals surface area contributed by atoms with Crippen LogP contribution in [0.15, 0.2) is 46.8 Å². The highest BCUT2D eigenvalue weighted by Crippen LogP contribution is 2.31. The Kier molecular flexibility index (Phi) is 6.48. The molecule has 1 aliphatic heterocycles. The van der Waals surface area contributed by atoms with E-state index in [0.29, 0.717) is 23.0 Å². The summed E-state index contributed by atoms with van der Waals surface area (Å²) in [5, 5.41) is 10.7. The van der Waals surface area contributed by atoms with Crippen LogP contribution in [0.2, 0.25) is 0 Å². The molecule has 1 fully saturated rings. The van der Waals surface area contributed by atoms with Crippen LogP contribution in [0.3, 0.4) is 0 Å². The average Bonchev–Trinajstić information content (AvgIpc) is 3.18. The first-order valence-electron chi connectivity index (χ1n) is 8.56. The number of carbonyl (C=O) groups is 3. The molecule has 28 heavy (non-hydrogen) atoms. The van der Waals surface area contributed by atoms with Gasteiger partial charge < -0.3 is 9.84 Å². The van der Waals surface area contributed by atoms with E-state index in [1.165, 1.54) is 16.2 Å². The second-order valence-corrected chi connectivity index (χ2v) is 8.07. The number of amidine groups is 1. The van der Waals surface area contributed by atoms with E-state index in [0.717, 1.165) is 16.6 Å². The van der Waals surface area contributed by atoms with Gasteiger partial charge in [-0.15, -0.1) is 11.3 Å². The number of amides is 1. The molecule has 1 N–H and O–H groups in total. The van der Waals surface area contributed by atoms with Crippen LogP contribution in [0.4, 0.5) is 5.69 Å². The summed E-state index contributed by atoms with van der Waals surface area (Å²) in [6.07, 6.45) is -0.0772. The molecule has 7 nitrogen and oxygen atoms in total. The Morgan fingerprint density at radius 3 is 2.64 bits per heavy atom. The first-order valence-corrected chi connectivity index (χ1v) is 10.3. The minimum absolute atomic E-state index is 0.0772. The Labute approximate surface area is 170 Å². The van der Waals surface area contributed by atoms with Crippen LogP contribution < -0.4 is 0 Å². The van der Waals surface area contributed by atoms with Gasteiger partial charge in [0.15, 0.2) is 5.17 Å². The molecule has 1 aromatic carbocycles. The summed E-state index contributed by atoms with van der Waals surface area (Å²) < 4.78 is 4.95. The van der Waals surface area contributed by atoms with Crippen molar-refractivity contribution < 1.29 is 24.2 Å². The fraction of sp³-hybridized carbons (Fsp3) is 0.263. The third-order valence-corrected chi connectivity index (χ3v) is 5.95. The van der Waals surface area contributed by atoms with Gasteiger partial charge in [0.1, 0.15) is 5.25 Å². The number of hydrogen-bond donors (Lipinski definition) is 1. The summed E-state index contributed by atoms with van der Waals surface area (Å²) in [5.74, 6) is -1.74. The molecule has 1 aliphatic rings. The van der Waals surface area contributed by atoms with Crippen molar-refractivity contribution in [3.05, 3.63) is 52.2 Å². The van der Waals surface area contributed by atoms with Gasteiger partial charge in [-0.25, -0.2) is 9.79 Å². The number of rotatable bonds is 6. The number of ether oxygens (including phenoxy) is 1. The molecule has 0 radical (unpaired) electrons. The summed E-state index contributed by atoms with van der Waals surface area (Å²) in [7, 11) is 0. The normalized spacial score (nSPS) is 18.3. The second-order valence-electron chi connectivity index (χ2n) is 5.87. The van der Waals surface area contributed by atoms with Crippen LogP contribution in [-0.2, 0) is 20.9 Å². The zero-order valence-electron chi connectivity index (χ0n) is 15.0. The average molecular weight is 418 g/mol. The maximum atomic E-state index is 12.6. The van der Waals surface area contributed by atoms with Gasteiger partial charge >= 0.3 is 11.9 Å². The molecule has 0 saturated carbocycles. The molecule has 0 bridgehead atoms. The zero-order chi connectivity index (χ0) is 20.1. The number of carboxylic acid groups (broad SMARTS) is 1. The van der Waals surface area contributed by atoms with Gasteiger partial charge in [-0.1, -0.05) is 17.8 Å². The summed E-state index contributed by atoms with van der Waals surface area (Å²) >= 11 is 2.57. The molecule has 0 spiro atoms. The Morgan fingerprint density at radius 2 is 2.04 bits per heavy atom. The van der Waals surface area contributed by atoms with Crippen LogP contribution in [0.5, 0.6) is 0 Å². The van der Waals surface area contributed by atoms with Crippen molar-refractivity contribution in [1.82, 2.24) is 4.90 Å². The molecule has 2 aromatic rings. The van der Waals surface area contributed by atoms with Gasteiger partial charge in [0.25, 0.3) is 0 Å². The number of hydrogen-bond acceptors (Lipinski definition) is 7. The highest BCUT2D eigenvalue weighted by atomic mass is 32.2. The number of aliphatic carboxylic acids is 1. The second kappa shape index (κ2) is 9.03. The molecule has 0 aliphatic carbocycles. The van der Waals surface area contributed by atoms with Crippen molar-refractivity contribution >= 4 is 51.8 Å². The number of aliphatic imine (C=N–C) groups is 1. The lowest BCUT2D eigenvalue weighted by atomic mass is 10.2. The van der Waals surface area contributed by atoms with E-state index in [2.05, 4.69) is 4.99 Å². The van der Waals surface area contributed by atoms with Gasteiger partial charge in [0.2, 0.25) is 5.91 Å². The fourth-order valence-corrected chi connectivity index (χ4v) is 4.27. The van der Waals surface area contributed by atoms with Gasteiger partial charge in [-0.2, -0.15) is 0 Å². The van der Waals surface area contributed by atoms with Crippen LogP contribution in [0.1, 0.15) is 28.6 Å². The lowest BCUT2D eigenvalue weighted by Gasteiger charge is -2.30. The number of carboxylic acids is 1. The third-order valence-electron chi connectivity index (χ3n) is 3.91. The lowest BCUT2D eigenvalue weighted by Crippen LogP contribution is -2.43. The third kappa shape index (κ3) is 4.79. The molecular weight excluding hydrogens is 400 g/mol. The van der Waals surface area contributed by atoms with E-state index in [1.54, 1.807) is 31.2 Å². The Hall–Kier alpha value is -2.65. The minimum atomic E-state index is -1.04. The number of nitrogens with zero attached hydrogens (tertiary/aromatic N) is 2. The molecule has 0 unspecified atom stereocenters. The monoisotopic (exact) mass is 418 g/mol. The van der Waals surface area contributed by atoms with E-state index in [4.69, 9.17) is 4.74 Å². The Balaban J connectivity index is 1.87. The maximum Gasteiger partial charge on any atom is 0.338 e. The van der Waals surface area contributed by atoms with Crippen molar-refractivity contribution in [3.8, 4) is 0 Å². The number of carbonyl (C=O) groups excluding carboxylic acids is 2. The van der Waals surface area contributed by atoms with Gasteiger partial charge in [0.05, 0.1) is 30.8 Å². The molecule has 2 heterocycles. The van der Waals surface area contributed by atoms with Crippen molar-refractivity contribution in [3.63, 3.8) is 0 Å². The molecule has 1 atom stereocenters. The number of thioether (sulfide) groups is 1. The first-order chi connectivity index (χ1) is 13.5. The van der Waals surface area contributed by atoms with Crippen molar-refractivity contribution in [2.45, 2.75) is 25.1 Å². The summed E-state index contributed by atoms with van der Waals surface area (Å²) in [6.45, 7) is 2.36. The van der Waals surface area contributed by atoms with E-state index in [9.17, 15) is 19.5 Å². The van der Waals surface area contributed by atoms with Crippen LogP contribution in [0.25, 0.3) is 0 Å². The molecule has 146 valence electrons. The number of thiophene rings is 1. The van der Waals surface area contributed by atoms with Gasteiger partial charge in [0, 0.05) is 4.88 Å². The SMILES string of the molecule is CCOC(=O)c1ccc(N=C2S[C@H](C(=O)O)CC(=O)N2Cc2cccs2)cc1. The highest BCUT2D eigenvalue weighted by molar-refractivity contribution is 8.15. The van der Waals surface area contributed by atoms with Crippen LogP contribution in [-0.4, -0.2) is 44.9 Å². The predicted molar refractivity (Wildman–Crippen MR) is 108 cm³/mol. The topological polar surface area (TPSA) is 96.3 Å². The first kappa shape index (κ1) is 20.1. The summed E-state index contributed by atoms with van der Waals surface area (Å²) in [5.41, 5.74) is 0.919. The Bertz CT molecular complexity index is 894. The van der Waals surface area contributed by atoms with Crippen molar-refractivity contribution in [2.75, 3.05) is 6.61 Å². The summed E-state index contributed by atoms with van der Waals surface area (Å²) in [4.78, 5) is 42.7. The number of benzene rings is 1. The van der Waals surface area contributed by atoms with Gasteiger partial charge in [-0.05, 0) is 42.6 Å². The smallest absolute Gasteiger partial charge is 0.338 e. The summed E-state index contributed by atoms with van der Waals surface area (Å²) in [6, 6.07) is 10.3. The molecule has 1 amide bonds. The molecule has 9 heteroatoms. The van der Waals surface area contributed by atoms with Crippen LogP contribution in [0, 0.1) is 0 Å². The van der Waals surface area contributed by atoms with Gasteiger partial charge in [-0.3, -0.25) is 14.5 Å². The molecular formula is C19H18N2O5S2. The molecule has 1 aromatic heterocycles. The van der Waals surface area contributed by atoms with Crippen molar-refractivity contribution in [2.24, 2.45) is 4.99 Å². The van der Waals surface area contributed by atoms with E-state index in [1.807, 2.05) is 17.5 Å². The minimum Gasteiger partial charge on any atom is -0.480 e. The van der Waals surface area contributed by atoms with Crippen LogP contribution >= 0.6 is 23.1 Å². The molecule has 3 rings (SSSR count). The largest absolute Gasteiger partial charge is 0.480 e. The van der Waals surface area contributed by atoms with E-state index < -0.39 is 17.2 Å². The predicted octanol–water partition coefficient (Wildman–Crippen LogP) is 3.53. The van der Waals surface area contributed by atoms with E-state index >= 15 is 0 Å². The maximum absolute atomic E-state index is 12.6. The standard InChI is InChI=1S/C19H18N2O5S2/c1-2-26-18(25)12-5-7-13(8-6-12)20-19-21(11-14-4-3-9-27-14)16(22)10-15(28-19)17(23)24/h3-9,15H,2,10-11H2,1H3,(H,23,24)/t15-/m0/s1. The highest BCUT2D eigenvalue weighted by Gasteiger charge is 2.36. The van der Waals surface area contributed by atoms with Crippen molar-refractivity contribution in [1.29, 1.82) is 0 Å². The zero-order valence-corrected chi connectivity index (χ0v) is 16.7. The lowest BCUT2D eigenvalue weighted by molar-refractivity contribution is -0.139. The molecule has 1 saturated heterocycles. The number of esters is 1. The quantitative estimate of drug-likeness (QED) is 0.721. The Morgan fingerprint density at radius 1 is 1.29 bits per heavy atom.